The van der Waals surface area contributed by atoms with Crippen LogP contribution in [0.2, 0.25) is 0 Å². The molecule has 156 valence electrons. The number of nitrogens with zero attached hydrogens (tertiary/aromatic N) is 2. The van der Waals surface area contributed by atoms with Gasteiger partial charge in [-0.3, -0.25) is 4.98 Å². The van der Waals surface area contributed by atoms with Gasteiger partial charge in [-0.15, -0.1) is 0 Å². The zero-order chi connectivity index (χ0) is 21.0. The number of likely N-dealkylation sites (tertiary alicyclic amines) is 1. The number of carbonyl (C=O) groups is 1. The van der Waals surface area contributed by atoms with E-state index in [0.717, 1.165) is 30.5 Å². The Morgan fingerprint density at radius 2 is 1.86 bits per heavy atom. The summed E-state index contributed by atoms with van der Waals surface area (Å²) in [6.07, 6.45) is 4.45. The lowest BCUT2D eigenvalue weighted by Crippen LogP contribution is -2.41. The van der Waals surface area contributed by atoms with Crippen LogP contribution in [0.1, 0.15) is 26.2 Å². The highest BCUT2D eigenvalue weighted by Gasteiger charge is 2.28. The molecule has 3 rings (SSSR count). The average Bonchev–Trinajstić information content (AvgIpc) is 2.72. The van der Waals surface area contributed by atoms with Crippen molar-refractivity contribution >= 4 is 15.9 Å². The van der Waals surface area contributed by atoms with E-state index in [-0.39, 0.29) is 11.0 Å². The van der Waals surface area contributed by atoms with Gasteiger partial charge in [-0.05, 0) is 49.4 Å². The molecule has 1 aliphatic heterocycles. The fourth-order valence-electron chi connectivity index (χ4n) is 3.64. The van der Waals surface area contributed by atoms with Crippen LogP contribution >= 0.6 is 0 Å². The number of carboxylic acid groups (broad SMARTS) is 1. The maximum absolute atomic E-state index is 11.6. The Morgan fingerprint density at radius 3 is 2.34 bits per heavy atom. The highest BCUT2D eigenvalue weighted by atomic mass is 32.2. The van der Waals surface area contributed by atoms with Crippen molar-refractivity contribution in [3.05, 3.63) is 42.6 Å². The van der Waals surface area contributed by atoms with Crippen molar-refractivity contribution < 1.29 is 23.1 Å². The second kappa shape index (κ2) is 8.82. The van der Waals surface area contributed by atoms with Crippen molar-refractivity contribution in [3.63, 3.8) is 0 Å². The van der Waals surface area contributed by atoms with Crippen LogP contribution in [-0.2, 0) is 9.84 Å². The molecule has 29 heavy (non-hydrogen) atoms. The topological polar surface area (TPSA) is 96.8 Å². The van der Waals surface area contributed by atoms with E-state index < -0.39 is 15.9 Å². The predicted octanol–water partition coefficient (Wildman–Crippen LogP) is 3.70. The molecule has 8 heteroatoms. The van der Waals surface area contributed by atoms with E-state index in [1.807, 2.05) is 12.1 Å². The van der Waals surface area contributed by atoms with E-state index >= 15 is 0 Å². The zero-order valence-electron chi connectivity index (χ0n) is 16.6. The van der Waals surface area contributed by atoms with Gasteiger partial charge in [0.05, 0.1) is 16.8 Å². The predicted molar refractivity (Wildman–Crippen MR) is 110 cm³/mol. The van der Waals surface area contributed by atoms with Crippen molar-refractivity contribution in [2.45, 2.75) is 37.2 Å². The first-order valence-electron chi connectivity index (χ1n) is 9.69. The first kappa shape index (κ1) is 21.1. The van der Waals surface area contributed by atoms with E-state index in [9.17, 15) is 13.2 Å². The van der Waals surface area contributed by atoms with Gasteiger partial charge in [-0.25, -0.2) is 13.2 Å². The molecule has 0 saturated carbocycles. The first-order valence-corrected chi connectivity index (χ1v) is 11.6. The third kappa shape index (κ3) is 5.26. The van der Waals surface area contributed by atoms with Gasteiger partial charge >= 0.3 is 6.09 Å². The summed E-state index contributed by atoms with van der Waals surface area (Å²) in [6, 6.07) is 10.3. The fourth-order valence-corrected chi connectivity index (χ4v) is 4.27. The van der Waals surface area contributed by atoms with Crippen molar-refractivity contribution in [1.82, 2.24) is 9.88 Å². The maximum atomic E-state index is 11.6. The highest BCUT2D eigenvalue weighted by molar-refractivity contribution is 7.90. The molecule has 1 atom stereocenters. The third-order valence-electron chi connectivity index (χ3n) is 5.34. The summed E-state index contributed by atoms with van der Waals surface area (Å²) >= 11 is 0. The number of hydrogen-bond donors (Lipinski definition) is 1. The molecule has 1 N–H and O–H groups in total. The molecule has 7 nitrogen and oxygen atoms in total. The van der Waals surface area contributed by atoms with E-state index in [1.165, 1.54) is 11.2 Å². The monoisotopic (exact) mass is 418 g/mol. The molecule has 0 radical (unpaired) electrons. The average molecular weight is 419 g/mol. The van der Waals surface area contributed by atoms with E-state index in [4.69, 9.17) is 9.84 Å². The second-order valence-corrected chi connectivity index (χ2v) is 9.36. The third-order valence-corrected chi connectivity index (χ3v) is 6.47. The molecule has 0 bridgehead atoms. The first-order chi connectivity index (χ1) is 13.8. The molecule has 1 aromatic heterocycles. The molecule has 1 saturated heterocycles. The van der Waals surface area contributed by atoms with Crippen LogP contribution < -0.4 is 4.74 Å². The smallest absolute Gasteiger partial charge is 0.407 e. The fraction of sp³-hybridized carbons (Fsp3) is 0.429. The molecule has 1 aromatic carbocycles. The van der Waals surface area contributed by atoms with Crippen LogP contribution in [0.5, 0.6) is 5.75 Å². The summed E-state index contributed by atoms with van der Waals surface area (Å²) in [5.74, 6) is 0.993. The Morgan fingerprint density at radius 1 is 1.21 bits per heavy atom. The molecule has 1 amide bonds. The standard InChI is InChI=1S/C21H26N2O5S/c1-3-20(16-10-12-23(13-11-16)21(24)25)28-17-6-9-19(22-14-17)15-4-7-18(8-5-15)29(2,26)27/h4-9,14,16,20H,3,10-13H2,1-2H3,(H,24,25)/t20-/m0/s1. The molecule has 1 fully saturated rings. The Labute approximate surface area is 171 Å². The lowest BCUT2D eigenvalue weighted by atomic mass is 9.90. The van der Waals surface area contributed by atoms with E-state index in [0.29, 0.717) is 24.8 Å². The second-order valence-electron chi connectivity index (χ2n) is 7.35. The summed E-state index contributed by atoms with van der Waals surface area (Å²) in [6.45, 7) is 3.15. The highest BCUT2D eigenvalue weighted by Crippen LogP contribution is 2.27. The molecular weight excluding hydrogens is 392 g/mol. The number of rotatable bonds is 6. The molecule has 0 spiro atoms. The zero-order valence-corrected chi connectivity index (χ0v) is 17.4. The normalized spacial score (nSPS) is 16.4. The van der Waals surface area contributed by atoms with Crippen LogP contribution in [0, 0.1) is 5.92 Å². The van der Waals surface area contributed by atoms with Gasteiger partial charge in [0.15, 0.2) is 9.84 Å². The molecular formula is C21H26N2O5S. The van der Waals surface area contributed by atoms with Crippen molar-refractivity contribution in [3.8, 4) is 17.0 Å². The minimum absolute atomic E-state index is 0.0210. The Balaban J connectivity index is 1.64. The lowest BCUT2D eigenvalue weighted by Gasteiger charge is -2.34. The van der Waals surface area contributed by atoms with Gasteiger partial charge in [-0.1, -0.05) is 19.1 Å². The van der Waals surface area contributed by atoms with Crippen molar-refractivity contribution in [1.29, 1.82) is 0 Å². The van der Waals surface area contributed by atoms with Gasteiger partial charge < -0.3 is 14.7 Å². The summed E-state index contributed by atoms with van der Waals surface area (Å²) in [5.41, 5.74) is 1.57. The maximum Gasteiger partial charge on any atom is 0.407 e. The van der Waals surface area contributed by atoms with Gasteiger partial charge in [0, 0.05) is 24.9 Å². The number of benzene rings is 1. The van der Waals surface area contributed by atoms with Crippen LogP contribution in [0.3, 0.4) is 0 Å². The SMILES string of the molecule is CC[C@H](Oc1ccc(-c2ccc(S(C)(=O)=O)cc2)nc1)C1CCN(C(=O)O)CC1. The van der Waals surface area contributed by atoms with E-state index in [2.05, 4.69) is 11.9 Å². The number of amides is 1. The Hall–Kier alpha value is -2.61. The quantitative estimate of drug-likeness (QED) is 0.768. The van der Waals surface area contributed by atoms with Crippen molar-refractivity contribution in [2.24, 2.45) is 5.92 Å². The number of hydrogen-bond acceptors (Lipinski definition) is 5. The molecule has 0 unspecified atom stereocenters. The number of ether oxygens (including phenoxy) is 1. The largest absolute Gasteiger partial charge is 0.489 e. The van der Waals surface area contributed by atoms with Crippen LogP contribution in [0.25, 0.3) is 11.3 Å². The minimum Gasteiger partial charge on any atom is -0.489 e. The number of sulfone groups is 1. The minimum atomic E-state index is -3.22. The van der Waals surface area contributed by atoms with Crippen LogP contribution in [-0.4, -0.2) is 55.0 Å². The van der Waals surface area contributed by atoms with E-state index in [1.54, 1.807) is 30.5 Å². The Kier molecular flexibility index (Phi) is 6.42. The van der Waals surface area contributed by atoms with Crippen molar-refractivity contribution in [2.75, 3.05) is 19.3 Å². The Bertz CT molecular complexity index is 934. The van der Waals surface area contributed by atoms with Gasteiger partial charge in [0.2, 0.25) is 0 Å². The molecule has 2 heterocycles. The van der Waals surface area contributed by atoms with Crippen LogP contribution in [0.15, 0.2) is 47.5 Å². The summed E-state index contributed by atoms with van der Waals surface area (Å²) < 4.78 is 29.3. The number of pyridine rings is 1. The molecule has 1 aliphatic rings. The molecule has 0 aliphatic carbocycles. The summed E-state index contributed by atoms with van der Waals surface area (Å²) in [4.78, 5) is 17.2. The number of piperidine rings is 1. The molecule has 2 aromatic rings. The van der Waals surface area contributed by atoms with Gasteiger partial charge in [0.1, 0.15) is 11.9 Å². The lowest BCUT2D eigenvalue weighted by molar-refractivity contribution is 0.0704. The van der Waals surface area contributed by atoms with Gasteiger partial charge in [-0.2, -0.15) is 0 Å². The van der Waals surface area contributed by atoms with Gasteiger partial charge in [0.25, 0.3) is 0 Å². The summed E-state index contributed by atoms with van der Waals surface area (Å²) in [7, 11) is -3.22. The number of aromatic nitrogens is 1. The van der Waals surface area contributed by atoms with Crippen LogP contribution in [0.4, 0.5) is 4.79 Å². The summed E-state index contributed by atoms with van der Waals surface area (Å²) in [5, 5.41) is 9.09.